The van der Waals surface area contributed by atoms with Gasteiger partial charge in [0.1, 0.15) is 0 Å². The lowest BCUT2D eigenvalue weighted by Gasteiger charge is -2.26. The first kappa shape index (κ1) is 17.9. The van der Waals surface area contributed by atoms with Gasteiger partial charge in [0.25, 0.3) is 0 Å². The van der Waals surface area contributed by atoms with E-state index >= 15 is 0 Å². The highest BCUT2D eigenvalue weighted by atomic mass is 16.5. The number of fused-ring (bicyclic) bond motifs is 1. The van der Waals surface area contributed by atoms with Crippen molar-refractivity contribution in [2.75, 3.05) is 7.11 Å². The van der Waals surface area contributed by atoms with E-state index in [1.807, 2.05) is 48.3 Å². The first-order valence-corrected chi connectivity index (χ1v) is 8.02. The Morgan fingerprint density at radius 3 is 3.00 bits per heavy atom. The van der Waals surface area contributed by atoms with Crippen molar-refractivity contribution in [1.82, 2.24) is 19.7 Å². The lowest BCUT2D eigenvalue weighted by atomic mass is 9.97. The molecule has 6 nitrogen and oxygen atoms in total. The van der Waals surface area contributed by atoms with Gasteiger partial charge >= 0.3 is 0 Å². The molecular weight excluding hydrogens is 302 g/mol. The number of nitrogens with zero attached hydrogens (tertiary/aromatic N) is 4. The van der Waals surface area contributed by atoms with Crippen LogP contribution in [0.15, 0.2) is 48.5 Å². The summed E-state index contributed by atoms with van der Waals surface area (Å²) in [7, 11) is 1.71. The van der Waals surface area contributed by atoms with Gasteiger partial charge in [-0.05, 0) is 31.7 Å². The van der Waals surface area contributed by atoms with Crippen molar-refractivity contribution in [2.24, 2.45) is 4.99 Å². The maximum Gasteiger partial charge on any atom is 0.234 e. The molecule has 24 heavy (non-hydrogen) atoms. The van der Waals surface area contributed by atoms with Crippen LogP contribution in [0.4, 0.5) is 0 Å². The normalized spacial score (nSPS) is 14.5. The molecule has 0 fully saturated rings. The maximum atomic E-state index is 5.67. The lowest BCUT2D eigenvalue weighted by Crippen LogP contribution is -2.29. The van der Waals surface area contributed by atoms with Crippen LogP contribution < -0.4 is 5.32 Å². The summed E-state index contributed by atoms with van der Waals surface area (Å²) < 4.78 is 7.59. The van der Waals surface area contributed by atoms with Crippen LogP contribution >= 0.6 is 0 Å². The lowest BCUT2D eigenvalue weighted by molar-refractivity contribution is 0.0358. The van der Waals surface area contributed by atoms with Gasteiger partial charge in [-0.3, -0.25) is 9.39 Å². The zero-order valence-electron chi connectivity index (χ0n) is 14.6. The Morgan fingerprint density at radius 2 is 2.29 bits per heavy atom. The van der Waals surface area contributed by atoms with E-state index in [4.69, 9.17) is 4.74 Å². The van der Waals surface area contributed by atoms with Crippen LogP contribution in [0.5, 0.6) is 0 Å². The van der Waals surface area contributed by atoms with Crippen molar-refractivity contribution in [3.8, 4) is 0 Å². The van der Waals surface area contributed by atoms with Crippen molar-refractivity contribution in [1.29, 1.82) is 0 Å². The number of ether oxygens (including phenoxy) is 1. The van der Waals surface area contributed by atoms with Crippen molar-refractivity contribution in [2.45, 2.75) is 38.8 Å². The molecule has 0 spiro atoms. The highest BCUT2D eigenvalue weighted by molar-refractivity contribution is 5.60. The number of aliphatic imine (C=N–C) groups is 1. The minimum absolute atomic E-state index is 0.364. The smallest absolute Gasteiger partial charge is 0.234 e. The van der Waals surface area contributed by atoms with Crippen LogP contribution in [0.25, 0.3) is 5.78 Å². The summed E-state index contributed by atoms with van der Waals surface area (Å²) in [5.41, 5.74) is 1.53. The molecule has 0 amide bonds. The second kappa shape index (κ2) is 8.40. The Kier molecular flexibility index (Phi) is 6.26. The third-order valence-electron chi connectivity index (χ3n) is 3.96. The van der Waals surface area contributed by atoms with Gasteiger partial charge in [-0.1, -0.05) is 13.5 Å². The molecular formula is C18H25N5O. The maximum absolute atomic E-state index is 5.67. The highest BCUT2D eigenvalue weighted by Crippen LogP contribution is 2.20. The number of methoxy groups -OCH3 is 1. The summed E-state index contributed by atoms with van der Waals surface area (Å²) in [4.78, 5) is 12.9. The summed E-state index contributed by atoms with van der Waals surface area (Å²) in [5.74, 6) is 0.719. The van der Waals surface area contributed by atoms with Crippen molar-refractivity contribution >= 4 is 12.0 Å². The van der Waals surface area contributed by atoms with E-state index in [1.54, 1.807) is 7.11 Å². The fraction of sp³-hybridized carbons (Fsp3) is 0.389. The van der Waals surface area contributed by atoms with Gasteiger partial charge < -0.3 is 10.1 Å². The zero-order chi connectivity index (χ0) is 17.4. The average molecular weight is 327 g/mol. The zero-order valence-corrected chi connectivity index (χ0v) is 14.6. The second-order valence-electron chi connectivity index (χ2n) is 5.56. The number of aryl methyl sites for hydroxylation is 1. The fourth-order valence-corrected chi connectivity index (χ4v) is 2.38. The van der Waals surface area contributed by atoms with Crippen LogP contribution in [-0.2, 0) is 11.3 Å². The SMILES string of the molecule is C=C/N=C\CC(/C=C\NCc1cn2ccc(C)nc2n1)(CC)OC. The summed E-state index contributed by atoms with van der Waals surface area (Å²) >= 11 is 0. The first-order chi connectivity index (χ1) is 11.6. The number of aromatic nitrogens is 3. The monoisotopic (exact) mass is 327 g/mol. The molecule has 6 heteroatoms. The third-order valence-corrected chi connectivity index (χ3v) is 3.96. The first-order valence-electron chi connectivity index (χ1n) is 8.02. The molecule has 0 saturated heterocycles. The molecule has 0 aliphatic carbocycles. The highest BCUT2D eigenvalue weighted by Gasteiger charge is 2.22. The van der Waals surface area contributed by atoms with E-state index in [9.17, 15) is 0 Å². The molecule has 2 aromatic rings. The van der Waals surface area contributed by atoms with Gasteiger partial charge in [-0.25, -0.2) is 9.97 Å². The van der Waals surface area contributed by atoms with Crippen LogP contribution in [0.2, 0.25) is 0 Å². The van der Waals surface area contributed by atoms with E-state index in [-0.39, 0.29) is 5.60 Å². The minimum atomic E-state index is -0.364. The summed E-state index contributed by atoms with van der Waals surface area (Å²) in [6, 6.07) is 1.96. The van der Waals surface area contributed by atoms with Crippen LogP contribution in [0, 0.1) is 6.92 Å². The Morgan fingerprint density at radius 1 is 1.46 bits per heavy atom. The van der Waals surface area contributed by atoms with E-state index < -0.39 is 0 Å². The van der Waals surface area contributed by atoms with Crippen LogP contribution in [0.1, 0.15) is 31.2 Å². The van der Waals surface area contributed by atoms with Gasteiger partial charge in [0.2, 0.25) is 5.78 Å². The molecule has 128 valence electrons. The summed E-state index contributed by atoms with van der Waals surface area (Å²) in [6.45, 7) is 8.26. The molecule has 0 bridgehead atoms. The number of hydrogen-bond acceptors (Lipinski definition) is 5. The predicted octanol–water partition coefficient (Wildman–Crippen LogP) is 3.04. The van der Waals surface area contributed by atoms with Crippen LogP contribution in [-0.4, -0.2) is 33.3 Å². The fourth-order valence-electron chi connectivity index (χ4n) is 2.38. The van der Waals surface area contributed by atoms with Crippen molar-refractivity contribution < 1.29 is 4.74 Å². The van der Waals surface area contributed by atoms with E-state index in [2.05, 4.69) is 33.8 Å². The third kappa shape index (κ3) is 4.52. The van der Waals surface area contributed by atoms with E-state index in [0.717, 1.165) is 23.6 Å². The molecule has 1 atom stereocenters. The quantitative estimate of drug-likeness (QED) is 0.719. The van der Waals surface area contributed by atoms with Crippen molar-refractivity contribution in [3.05, 3.63) is 54.9 Å². The topological polar surface area (TPSA) is 63.8 Å². The molecule has 0 radical (unpaired) electrons. The summed E-state index contributed by atoms with van der Waals surface area (Å²) in [6.07, 6.45) is 12.8. The van der Waals surface area contributed by atoms with Gasteiger partial charge in [-0.2, -0.15) is 0 Å². The summed E-state index contributed by atoms with van der Waals surface area (Å²) in [5, 5.41) is 3.26. The van der Waals surface area contributed by atoms with Crippen LogP contribution in [0.3, 0.4) is 0 Å². The van der Waals surface area contributed by atoms with E-state index in [1.165, 1.54) is 6.20 Å². The Bertz CT molecular complexity index is 728. The number of hydrogen-bond donors (Lipinski definition) is 1. The second-order valence-corrected chi connectivity index (χ2v) is 5.56. The number of nitrogens with one attached hydrogen (secondary N) is 1. The molecule has 2 heterocycles. The molecule has 1 unspecified atom stereocenters. The predicted molar refractivity (Wildman–Crippen MR) is 97.0 cm³/mol. The molecule has 2 aromatic heterocycles. The van der Waals surface area contributed by atoms with Gasteiger partial charge in [-0.15, -0.1) is 0 Å². The molecule has 1 N–H and O–H groups in total. The standard InChI is InChI=1S/C18H25N5O/c1-5-18(24-4,8-10-19-6-2)9-11-20-13-16-14-23-12-7-15(3)21-17(23)22-16/h6-7,9-12,14,20H,2,5,8,13H2,1,3-4H3/b11-9-,19-10-. The van der Waals surface area contributed by atoms with Gasteiger partial charge in [0.05, 0.1) is 17.8 Å². The number of rotatable bonds is 9. The molecule has 2 rings (SSSR count). The Hall–Kier alpha value is -2.47. The molecule has 0 saturated carbocycles. The average Bonchev–Trinajstić information content (AvgIpc) is 2.99. The Labute approximate surface area is 143 Å². The van der Waals surface area contributed by atoms with Gasteiger partial charge in [0.15, 0.2) is 0 Å². The van der Waals surface area contributed by atoms with Crippen molar-refractivity contribution in [3.63, 3.8) is 0 Å². The molecule has 0 aliphatic heterocycles. The largest absolute Gasteiger partial charge is 0.385 e. The minimum Gasteiger partial charge on any atom is -0.385 e. The molecule has 0 aromatic carbocycles. The number of imidazole rings is 1. The van der Waals surface area contributed by atoms with Gasteiger partial charge in [0, 0.05) is 44.0 Å². The molecule has 0 aliphatic rings. The van der Waals surface area contributed by atoms with E-state index in [0.29, 0.717) is 13.0 Å². The Balaban J connectivity index is 1.97.